The van der Waals surface area contributed by atoms with E-state index in [1.165, 1.54) is 0 Å². The molecule has 3 aromatic rings. The SMILES string of the molecule is [O-][N+]1=C(c2ccccc2)[C@@H](c2ccccc2)[C@@H](c2ccccc2)O1. The molecule has 2 atom stereocenters. The molecule has 0 aromatic heterocycles. The third-order valence-corrected chi connectivity index (χ3v) is 4.36. The Kier molecular flexibility index (Phi) is 3.75. The molecule has 1 aliphatic heterocycles. The Bertz CT molecular complexity index is 845. The summed E-state index contributed by atoms with van der Waals surface area (Å²) in [6.45, 7) is 0. The summed E-state index contributed by atoms with van der Waals surface area (Å²) in [5.74, 6) is -0.145. The summed E-state index contributed by atoms with van der Waals surface area (Å²) in [6.07, 6.45) is -0.332. The molecule has 0 radical (unpaired) electrons. The molecule has 3 heteroatoms. The van der Waals surface area contributed by atoms with Gasteiger partial charge in [0.15, 0.2) is 0 Å². The van der Waals surface area contributed by atoms with E-state index in [-0.39, 0.29) is 12.0 Å². The van der Waals surface area contributed by atoms with Crippen molar-refractivity contribution in [3.05, 3.63) is 113 Å². The predicted octanol–water partition coefficient (Wildman–Crippen LogP) is 4.46. The molecule has 0 N–H and O–H groups in total. The number of benzene rings is 3. The highest BCUT2D eigenvalue weighted by atomic mass is 16.9. The lowest BCUT2D eigenvalue weighted by Crippen LogP contribution is -2.17. The van der Waals surface area contributed by atoms with Crippen LogP contribution in [-0.2, 0) is 4.84 Å². The summed E-state index contributed by atoms with van der Waals surface area (Å²) < 4.78 is 0. The molecule has 118 valence electrons. The van der Waals surface area contributed by atoms with E-state index in [1.807, 2.05) is 91.0 Å². The van der Waals surface area contributed by atoms with Crippen LogP contribution < -0.4 is 0 Å². The molecule has 0 fully saturated rings. The molecule has 0 bridgehead atoms. The second kappa shape index (κ2) is 6.20. The Morgan fingerprint density at radius 2 is 1.17 bits per heavy atom. The van der Waals surface area contributed by atoms with Crippen LogP contribution in [0.1, 0.15) is 28.7 Å². The zero-order valence-electron chi connectivity index (χ0n) is 13.1. The Morgan fingerprint density at radius 3 is 1.75 bits per heavy atom. The first kappa shape index (κ1) is 14.5. The second-order valence-electron chi connectivity index (χ2n) is 5.83. The lowest BCUT2D eigenvalue weighted by molar-refractivity contribution is -0.742. The maximum Gasteiger partial charge on any atom is 0.261 e. The van der Waals surface area contributed by atoms with E-state index in [0.717, 1.165) is 16.7 Å². The summed E-state index contributed by atoms with van der Waals surface area (Å²) in [7, 11) is 0. The van der Waals surface area contributed by atoms with Gasteiger partial charge in [0, 0.05) is 10.5 Å². The lowest BCUT2D eigenvalue weighted by atomic mass is 9.83. The molecule has 0 aliphatic carbocycles. The van der Waals surface area contributed by atoms with Gasteiger partial charge in [0.25, 0.3) is 5.71 Å². The van der Waals surface area contributed by atoms with Crippen molar-refractivity contribution in [1.82, 2.24) is 0 Å². The highest BCUT2D eigenvalue weighted by Gasteiger charge is 2.42. The highest BCUT2D eigenvalue weighted by molar-refractivity contribution is 6.02. The smallest absolute Gasteiger partial charge is 0.261 e. The molecule has 1 aliphatic rings. The van der Waals surface area contributed by atoms with Crippen molar-refractivity contribution in [2.75, 3.05) is 0 Å². The largest absolute Gasteiger partial charge is 0.394 e. The molecule has 4 rings (SSSR count). The maximum atomic E-state index is 12.6. The van der Waals surface area contributed by atoms with Crippen molar-refractivity contribution in [2.24, 2.45) is 0 Å². The van der Waals surface area contributed by atoms with Crippen LogP contribution in [0.3, 0.4) is 0 Å². The molecule has 0 saturated carbocycles. The molecule has 3 aromatic carbocycles. The van der Waals surface area contributed by atoms with Crippen LogP contribution in [-0.4, -0.2) is 10.6 Å². The van der Waals surface area contributed by atoms with Crippen molar-refractivity contribution in [2.45, 2.75) is 12.0 Å². The minimum atomic E-state index is -0.332. The monoisotopic (exact) mass is 315 g/mol. The predicted molar refractivity (Wildman–Crippen MR) is 93.6 cm³/mol. The van der Waals surface area contributed by atoms with Gasteiger partial charge in [-0.05, 0) is 23.3 Å². The van der Waals surface area contributed by atoms with Gasteiger partial charge < -0.3 is 4.84 Å². The first-order valence-electron chi connectivity index (χ1n) is 8.01. The van der Waals surface area contributed by atoms with Gasteiger partial charge >= 0.3 is 0 Å². The fourth-order valence-electron chi connectivity index (χ4n) is 3.26. The van der Waals surface area contributed by atoms with E-state index in [1.54, 1.807) is 0 Å². The Morgan fingerprint density at radius 1 is 0.667 bits per heavy atom. The van der Waals surface area contributed by atoms with Crippen LogP contribution in [0.2, 0.25) is 0 Å². The summed E-state index contributed by atoms with van der Waals surface area (Å²) in [4.78, 5) is 6.41. The molecule has 24 heavy (non-hydrogen) atoms. The molecular formula is C21H17NO2. The van der Waals surface area contributed by atoms with E-state index >= 15 is 0 Å². The fraction of sp³-hybridized carbons (Fsp3) is 0.0952. The summed E-state index contributed by atoms with van der Waals surface area (Å²) in [5, 5.41) is 12.6. The van der Waals surface area contributed by atoms with Crippen molar-refractivity contribution >= 4 is 5.71 Å². The van der Waals surface area contributed by atoms with Gasteiger partial charge in [-0.25, -0.2) is 0 Å². The van der Waals surface area contributed by atoms with Gasteiger partial charge in [-0.1, -0.05) is 78.9 Å². The average molecular weight is 315 g/mol. The third-order valence-electron chi connectivity index (χ3n) is 4.36. The molecule has 0 saturated heterocycles. The number of hydrogen-bond acceptors (Lipinski definition) is 2. The van der Waals surface area contributed by atoms with Crippen molar-refractivity contribution < 1.29 is 9.74 Å². The number of hydrogen-bond donors (Lipinski definition) is 0. The van der Waals surface area contributed by atoms with Crippen molar-refractivity contribution in [1.29, 1.82) is 0 Å². The topological polar surface area (TPSA) is 35.3 Å². The van der Waals surface area contributed by atoms with Crippen LogP contribution in [0, 0.1) is 5.21 Å². The number of rotatable bonds is 3. The zero-order chi connectivity index (χ0) is 16.4. The maximum absolute atomic E-state index is 12.6. The average Bonchev–Trinajstić information content (AvgIpc) is 3.01. The van der Waals surface area contributed by atoms with Crippen LogP contribution in [0.5, 0.6) is 0 Å². The molecule has 0 amide bonds. The van der Waals surface area contributed by atoms with Gasteiger partial charge in [0.2, 0.25) is 0 Å². The van der Waals surface area contributed by atoms with Crippen LogP contribution in [0.4, 0.5) is 0 Å². The Labute approximate surface area is 141 Å². The van der Waals surface area contributed by atoms with Crippen LogP contribution >= 0.6 is 0 Å². The highest BCUT2D eigenvalue weighted by Crippen LogP contribution is 2.41. The molecular weight excluding hydrogens is 298 g/mol. The minimum Gasteiger partial charge on any atom is -0.394 e. The minimum absolute atomic E-state index is 0.145. The van der Waals surface area contributed by atoms with E-state index in [0.29, 0.717) is 10.6 Å². The van der Waals surface area contributed by atoms with E-state index in [4.69, 9.17) is 4.84 Å². The van der Waals surface area contributed by atoms with Crippen molar-refractivity contribution in [3.63, 3.8) is 0 Å². The van der Waals surface area contributed by atoms with E-state index in [9.17, 15) is 5.21 Å². The molecule has 1 heterocycles. The summed E-state index contributed by atoms with van der Waals surface area (Å²) >= 11 is 0. The Balaban J connectivity index is 1.85. The zero-order valence-corrected chi connectivity index (χ0v) is 13.1. The van der Waals surface area contributed by atoms with E-state index in [2.05, 4.69) is 0 Å². The van der Waals surface area contributed by atoms with E-state index < -0.39 is 0 Å². The number of nitrogens with zero attached hydrogens (tertiary/aromatic N) is 1. The normalized spacial score (nSPS) is 20.0. The summed E-state index contributed by atoms with van der Waals surface area (Å²) in [5.41, 5.74) is 3.61. The molecule has 3 nitrogen and oxygen atoms in total. The second-order valence-corrected chi connectivity index (χ2v) is 5.83. The van der Waals surface area contributed by atoms with Gasteiger partial charge in [-0.2, -0.15) is 0 Å². The Hall–Kier alpha value is -3.07. The third kappa shape index (κ3) is 2.54. The van der Waals surface area contributed by atoms with Crippen molar-refractivity contribution in [3.8, 4) is 0 Å². The van der Waals surface area contributed by atoms with Gasteiger partial charge in [0.05, 0.1) is 5.92 Å². The lowest BCUT2D eigenvalue weighted by Gasteiger charge is -2.20. The first-order chi connectivity index (χ1) is 11.8. The fourth-order valence-corrected chi connectivity index (χ4v) is 3.26. The first-order valence-corrected chi connectivity index (χ1v) is 8.01. The van der Waals surface area contributed by atoms with Crippen LogP contribution in [0.15, 0.2) is 91.0 Å². The van der Waals surface area contributed by atoms with Gasteiger partial charge in [-0.15, -0.1) is 0 Å². The summed E-state index contributed by atoms with van der Waals surface area (Å²) in [6, 6.07) is 29.7. The van der Waals surface area contributed by atoms with Crippen LogP contribution in [0.25, 0.3) is 0 Å². The van der Waals surface area contributed by atoms with Gasteiger partial charge in [-0.3, -0.25) is 5.21 Å². The molecule has 0 spiro atoms. The quantitative estimate of drug-likeness (QED) is 0.669. The molecule has 0 unspecified atom stereocenters. The standard InChI is InChI=1S/C21H17NO2/c23-22-20(17-12-6-2-7-13-17)19(16-10-4-1-5-11-16)21(24-22)18-14-8-3-9-15-18/h1-15,19,21H/t19-,21-/m1/s1. The van der Waals surface area contributed by atoms with Gasteiger partial charge in [0.1, 0.15) is 6.10 Å².